The SMILES string of the molecule is CCNC(=O)CN1CCN(C(=O)c2cnn(-c3ccccc3F)c2C)CC1. The van der Waals surface area contributed by atoms with Gasteiger partial charge in [0, 0.05) is 32.7 Å². The van der Waals surface area contributed by atoms with E-state index in [9.17, 15) is 14.0 Å². The molecule has 0 unspecified atom stereocenters. The minimum atomic E-state index is -0.387. The zero-order valence-corrected chi connectivity index (χ0v) is 15.6. The Morgan fingerprint density at radius 1 is 1.19 bits per heavy atom. The second-order valence-electron chi connectivity index (χ2n) is 6.53. The van der Waals surface area contributed by atoms with Crippen LogP contribution in [0.2, 0.25) is 0 Å². The van der Waals surface area contributed by atoms with Gasteiger partial charge in [-0.2, -0.15) is 5.10 Å². The van der Waals surface area contributed by atoms with Crippen molar-refractivity contribution in [3.63, 3.8) is 0 Å². The Bertz CT molecular complexity index is 827. The molecule has 0 bridgehead atoms. The van der Waals surface area contributed by atoms with Crippen LogP contribution in [0.5, 0.6) is 0 Å². The standard InChI is InChI=1S/C19H24FN5O2/c1-3-21-18(26)13-23-8-10-24(11-9-23)19(27)15-12-22-25(14(15)2)17-7-5-4-6-16(17)20/h4-7,12H,3,8-11,13H2,1-2H3,(H,21,26). The highest BCUT2D eigenvalue weighted by Crippen LogP contribution is 2.19. The number of benzene rings is 1. The highest BCUT2D eigenvalue weighted by Gasteiger charge is 2.26. The lowest BCUT2D eigenvalue weighted by Gasteiger charge is -2.34. The second-order valence-corrected chi connectivity index (χ2v) is 6.53. The van der Waals surface area contributed by atoms with Gasteiger partial charge in [-0.1, -0.05) is 12.1 Å². The van der Waals surface area contributed by atoms with Crippen LogP contribution in [0.1, 0.15) is 23.0 Å². The largest absolute Gasteiger partial charge is 0.355 e. The van der Waals surface area contributed by atoms with E-state index in [1.54, 1.807) is 30.0 Å². The van der Waals surface area contributed by atoms with Crippen LogP contribution in [0, 0.1) is 12.7 Å². The molecule has 0 spiro atoms. The van der Waals surface area contributed by atoms with E-state index < -0.39 is 0 Å². The third-order valence-corrected chi connectivity index (χ3v) is 4.72. The summed E-state index contributed by atoms with van der Waals surface area (Å²) in [6.45, 7) is 6.98. The summed E-state index contributed by atoms with van der Waals surface area (Å²) in [4.78, 5) is 28.3. The number of carbonyl (C=O) groups is 2. The van der Waals surface area contributed by atoms with Gasteiger partial charge in [-0.05, 0) is 26.0 Å². The van der Waals surface area contributed by atoms with Crippen LogP contribution >= 0.6 is 0 Å². The number of nitrogens with zero attached hydrogens (tertiary/aromatic N) is 4. The zero-order valence-electron chi connectivity index (χ0n) is 15.6. The Morgan fingerprint density at radius 2 is 1.89 bits per heavy atom. The van der Waals surface area contributed by atoms with Gasteiger partial charge in [0.15, 0.2) is 0 Å². The lowest BCUT2D eigenvalue weighted by molar-refractivity contribution is -0.122. The maximum atomic E-state index is 14.0. The predicted molar refractivity (Wildman–Crippen MR) is 99.3 cm³/mol. The molecule has 1 aliphatic rings. The topological polar surface area (TPSA) is 70.5 Å². The third-order valence-electron chi connectivity index (χ3n) is 4.72. The first-order chi connectivity index (χ1) is 13.0. The lowest BCUT2D eigenvalue weighted by atomic mass is 10.2. The molecule has 8 heteroatoms. The van der Waals surface area contributed by atoms with Crippen LogP contribution < -0.4 is 5.32 Å². The average Bonchev–Trinajstić information content (AvgIpc) is 3.03. The van der Waals surface area contributed by atoms with Gasteiger partial charge in [0.2, 0.25) is 5.91 Å². The number of carbonyl (C=O) groups excluding carboxylic acids is 2. The summed E-state index contributed by atoms with van der Waals surface area (Å²) in [7, 11) is 0. The molecule has 1 aromatic heterocycles. The molecule has 0 atom stereocenters. The molecule has 2 aromatic rings. The highest BCUT2D eigenvalue weighted by atomic mass is 19.1. The Morgan fingerprint density at radius 3 is 2.56 bits per heavy atom. The number of nitrogens with one attached hydrogen (secondary N) is 1. The van der Waals surface area contributed by atoms with Gasteiger partial charge in [-0.15, -0.1) is 0 Å². The highest BCUT2D eigenvalue weighted by molar-refractivity contribution is 5.95. The Hall–Kier alpha value is -2.74. The molecule has 2 heterocycles. The second kappa shape index (κ2) is 8.30. The number of rotatable bonds is 5. The summed E-state index contributed by atoms with van der Waals surface area (Å²) < 4.78 is 15.5. The van der Waals surface area contributed by atoms with Crippen molar-refractivity contribution in [2.75, 3.05) is 39.3 Å². The molecule has 144 valence electrons. The minimum Gasteiger partial charge on any atom is -0.355 e. The molecule has 1 saturated heterocycles. The number of amides is 2. The van der Waals surface area contributed by atoms with Crippen LogP contribution in [0.25, 0.3) is 5.69 Å². The van der Waals surface area contributed by atoms with E-state index in [0.29, 0.717) is 56.2 Å². The first kappa shape index (κ1) is 19.0. The van der Waals surface area contributed by atoms with Crippen molar-refractivity contribution in [3.05, 3.63) is 47.5 Å². The Labute approximate surface area is 157 Å². The number of halogens is 1. The molecule has 1 aliphatic heterocycles. The summed E-state index contributed by atoms with van der Waals surface area (Å²) in [5, 5.41) is 6.98. The van der Waals surface area contributed by atoms with Crippen molar-refractivity contribution in [3.8, 4) is 5.69 Å². The van der Waals surface area contributed by atoms with Gasteiger partial charge in [-0.25, -0.2) is 9.07 Å². The number of hydrogen-bond acceptors (Lipinski definition) is 4. The van der Waals surface area contributed by atoms with E-state index in [-0.39, 0.29) is 17.6 Å². The maximum Gasteiger partial charge on any atom is 0.257 e. The van der Waals surface area contributed by atoms with Crippen molar-refractivity contribution in [2.24, 2.45) is 0 Å². The molecular formula is C19H24FN5O2. The first-order valence-electron chi connectivity index (χ1n) is 9.09. The molecule has 0 saturated carbocycles. The van der Waals surface area contributed by atoms with Crippen molar-refractivity contribution in [2.45, 2.75) is 13.8 Å². The summed E-state index contributed by atoms with van der Waals surface area (Å²) in [6, 6.07) is 6.34. The fourth-order valence-corrected chi connectivity index (χ4v) is 3.22. The van der Waals surface area contributed by atoms with E-state index in [4.69, 9.17) is 0 Å². The summed E-state index contributed by atoms with van der Waals surface area (Å²) in [5.41, 5.74) is 1.39. The van der Waals surface area contributed by atoms with Crippen molar-refractivity contribution >= 4 is 11.8 Å². The summed E-state index contributed by atoms with van der Waals surface area (Å²) in [6.07, 6.45) is 1.49. The third kappa shape index (κ3) is 4.16. The van der Waals surface area contributed by atoms with E-state index in [1.165, 1.54) is 16.9 Å². The molecule has 3 rings (SSSR count). The monoisotopic (exact) mass is 373 g/mol. The molecule has 2 amide bonds. The van der Waals surface area contributed by atoms with Crippen LogP contribution in [-0.4, -0.2) is 70.7 Å². The molecule has 0 radical (unpaired) electrons. The van der Waals surface area contributed by atoms with E-state index in [1.807, 2.05) is 11.8 Å². The molecule has 0 aliphatic carbocycles. The Kier molecular flexibility index (Phi) is 5.85. The number of hydrogen-bond donors (Lipinski definition) is 1. The van der Waals surface area contributed by atoms with Gasteiger partial charge < -0.3 is 10.2 Å². The van der Waals surface area contributed by atoms with Gasteiger partial charge in [-0.3, -0.25) is 14.5 Å². The molecular weight excluding hydrogens is 349 g/mol. The van der Waals surface area contributed by atoms with Gasteiger partial charge in [0.1, 0.15) is 11.5 Å². The van der Waals surface area contributed by atoms with Crippen LogP contribution in [0.3, 0.4) is 0 Å². The fraction of sp³-hybridized carbons (Fsp3) is 0.421. The lowest BCUT2D eigenvalue weighted by Crippen LogP contribution is -2.51. The zero-order chi connectivity index (χ0) is 19.4. The van der Waals surface area contributed by atoms with Crippen molar-refractivity contribution in [1.29, 1.82) is 0 Å². The van der Waals surface area contributed by atoms with Gasteiger partial charge in [0.05, 0.1) is 24.0 Å². The van der Waals surface area contributed by atoms with Crippen LogP contribution in [0.15, 0.2) is 30.5 Å². The van der Waals surface area contributed by atoms with Gasteiger partial charge >= 0.3 is 0 Å². The Balaban J connectivity index is 1.66. The van der Waals surface area contributed by atoms with E-state index >= 15 is 0 Å². The number of para-hydroxylation sites is 1. The average molecular weight is 373 g/mol. The summed E-state index contributed by atoms with van der Waals surface area (Å²) >= 11 is 0. The fourth-order valence-electron chi connectivity index (χ4n) is 3.22. The molecule has 1 aromatic carbocycles. The number of likely N-dealkylation sites (N-methyl/N-ethyl adjacent to an activating group) is 1. The molecule has 27 heavy (non-hydrogen) atoms. The normalized spacial score (nSPS) is 15.0. The first-order valence-corrected chi connectivity index (χ1v) is 9.09. The van der Waals surface area contributed by atoms with Crippen molar-refractivity contribution in [1.82, 2.24) is 24.9 Å². The number of aromatic nitrogens is 2. The maximum absolute atomic E-state index is 14.0. The minimum absolute atomic E-state index is 0.000662. The number of piperazine rings is 1. The van der Waals surface area contributed by atoms with Gasteiger partial charge in [0.25, 0.3) is 5.91 Å². The van der Waals surface area contributed by atoms with Crippen LogP contribution in [0.4, 0.5) is 4.39 Å². The summed E-state index contributed by atoms with van der Waals surface area (Å²) in [5.74, 6) is -0.506. The van der Waals surface area contributed by atoms with E-state index in [2.05, 4.69) is 10.4 Å². The van der Waals surface area contributed by atoms with Crippen LogP contribution in [-0.2, 0) is 4.79 Å². The van der Waals surface area contributed by atoms with Crippen molar-refractivity contribution < 1.29 is 14.0 Å². The molecule has 7 nitrogen and oxygen atoms in total. The predicted octanol–water partition coefficient (Wildman–Crippen LogP) is 1.21. The molecule has 1 fully saturated rings. The van der Waals surface area contributed by atoms with E-state index in [0.717, 1.165) is 0 Å². The smallest absolute Gasteiger partial charge is 0.257 e. The quantitative estimate of drug-likeness (QED) is 0.855. The molecule has 1 N–H and O–H groups in total.